The van der Waals surface area contributed by atoms with Gasteiger partial charge in [-0.1, -0.05) is 18.2 Å². The monoisotopic (exact) mass is 611 g/mol. The number of aryl methyl sites for hydroxylation is 3. The Morgan fingerprint density at radius 1 is 1.13 bits per heavy atom. The number of nitrogens with zero attached hydrogens (tertiary/aromatic N) is 3. The van der Waals surface area contributed by atoms with Gasteiger partial charge >= 0.3 is 0 Å². The standard InChI is InChI=1S/C35H41N5O5/c1-7-36-33(41)27-15-24-26(18-39(6)34(42)31(24)37-27)23-16-28-25(17-29(23)45-32-20(2)9-8-10-21(32)3)30(22-11-13-44-14-12-22)38-40(28)19-35(4,5)43/h8-10,15-18,22,37,43H,7,11-14,19H2,1-6H3,(H,36,41). The van der Waals surface area contributed by atoms with Crippen molar-refractivity contribution in [2.45, 2.75) is 65.5 Å². The van der Waals surface area contributed by atoms with Crippen LogP contribution in [0, 0.1) is 13.8 Å². The molecule has 1 saturated heterocycles. The Kier molecular flexibility index (Phi) is 8.05. The van der Waals surface area contributed by atoms with E-state index in [4.69, 9.17) is 14.6 Å². The molecule has 0 unspecified atom stereocenters. The van der Waals surface area contributed by atoms with Crippen molar-refractivity contribution in [3.8, 4) is 22.6 Å². The van der Waals surface area contributed by atoms with E-state index in [-0.39, 0.29) is 23.9 Å². The van der Waals surface area contributed by atoms with E-state index in [1.807, 2.05) is 55.8 Å². The number of aromatic amines is 1. The summed E-state index contributed by atoms with van der Waals surface area (Å²) in [4.78, 5) is 29.2. The highest BCUT2D eigenvalue weighted by molar-refractivity contribution is 6.04. The van der Waals surface area contributed by atoms with E-state index >= 15 is 0 Å². The number of carbonyl (C=O) groups is 1. The first-order valence-corrected chi connectivity index (χ1v) is 15.5. The number of benzene rings is 2. The third kappa shape index (κ3) is 5.87. The zero-order valence-electron chi connectivity index (χ0n) is 26.8. The summed E-state index contributed by atoms with van der Waals surface area (Å²) in [5.74, 6) is 1.29. The predicted molar refractivity (Wildman–Crippen MR) is 175 cm³/mol. The third-order valence-electron chi connectivity index (χ3n) is 8.48. The van der Waals surface area contributed by atoms with Crippen LogP contribution >= 0.6 is 0 Å². The number of ether oxygens (including phenoxy) is 2. The fourth-order valence-electron chi connectivity index (χ4n) is 6.28. The average Bonchev–Trinajstić information content (AvgIpc) is 3.59. The molecule has 0 spiro atoms. The van der Waals surface area contributed by atoms with Crippen LogP contribution < -0.4 is 15.6 Å². The molecule has 1 fully saturated rings. The highest BCUT2D eigenvalue weighted by atomic mass is 16.5. The normalized spacial score (nSPS) is 14.4. The lowest BCUT2D eigenvalue weighted by molar-refractivity contribution is 0.0583. The van der Waals surface area contributed by atoms with Gasteiger partial charge in [-0.05, 0) is 76.8 Å². The number of pyridine rings is 1. The van der Waals surface area contributed by atoms with Crippen molar-refractivity contribution in [3.05, 3.63) is 75.5 Å². The summed E-state index contributed by atoms with van der Waals surface area (Å²) in [6.07, 6.45) is 3.50. The summed E-state index contributed by atoms with van der Waals surface area (Å²) < 4.78 is 15.9. The summed E-state index contributed by atoms with van der Waals surface area (Å²) in [7, 11) is 1.70. The van der Waals surface area contributed by atoms with E-state index < -0.39 is 5.60 Å². The molecule has 10 heteroatoms. The van der Waals surface area contributed by atoms with E-state index in [1.54, 1.807) is 33.2 Å². The molecule has 5 aromatic rings. The van der Waals surface area contributed by atoms with Gasteiger partial charge in [-0.2, -0.15) is 5.10 Å². The molecule has 3 N–H and O–H groups in total. The van der Waals surface area contributed by atoms with Gasteiger partial charge in [0.05, 0.1) is 23.4 Å². The number of hydrogen-bond acceptors (Lipinski definition) is 6. The minimum Gasteiger partial charge on any atom is -0.456 e. The van der Waals surface area contributed by atoms with Gasteiger partial charge < -0.3 is 29.4 Å². The zero-order valence-corrected chi connectivity index (χ0v) is 26.8. The number of rotatable bonds is 8. The predicted octanol–water partition coefficient (Wildman–Crippen LogP) is 5.71. The maximum Gasteiger partial charge on any atom is 0.274 e. The van der Waals surface area contributed by atoms with E-state index in [0.29, 0.717) is 42.1 Å². The lowest BCUT2D eigenvalue weighted by atomic mass is 9.93. The average molecular weight is 612 g/mol. The minimum atomic E-state index is -1.01. The number of hydrogen-bond donors (Lipinski definition) is 3. The molecular formula is C35H41N5O5. The quantitative estimate of drug-likeness (QED) is 0.207. The second kappa shape index (κ2) is 11.8. The number of H-pyrrole nitrogens is 1. The summed E-state index contributed by atoms with van der Waals surface area (Å²) in [5.41, 5.74) is 4.66. The lowest BCUT2D eigenvalue weighted by Crippen LogP contribution is -2.27. The van der Waals surface area contributed by atoms with Crippen LogP contribution in [-0.2, 0) is 18.3 Å². The van der Waals surface area contributed by atoms with Crippen molar-refractivity contribution in [2.75, 3.05) is 19.8 Å². The SMILES string of the molecule is CCNC(=O)c1cc2c(-c3cc4c(cc3Oc3c(C)cccc3C)c(C3CCOCC3)nn4CC(C)(C)O)cn(C)c(=O)c2[nH]1. The van der Waals surface area contributed by atoms with Crippen LogP contribution in [0.5, 0.6) is 11.5 Å². The Morgan fingerprint density at radius 2 is 1.84 bits per heavy atom. The van der Waals surface area contributed by atoms with Crippen LogP contribution in [0.2, 0.25) is 0 Å². The molecule has 0 bridgehead atoms. The highest BCUT2D eigenvalue weighted by Gasteiger charge is 2.27. The third-order valence-corrected chi connectivity index (χ3v) is 8.48. The number of aliphatic hydroxyl groups is 1. The zero-order chi connectivity index (χ0) is 32.0. The van der Waals surface area contributed by atoms with Gasteiger partial charge in [0.25, 0.3) is 11.5 Å². The second-order valence-electron chi connectivity index (χ2n) is 12.7. The van der Waals surface area contributed by atoms with Gasteiger partial charge in [-0.3, -0.25) is 14.3 Å². The van der Waals surface area contributed by atoms with E-state index in [9.17, 15) is 14.7 Å². The molecule has 10 nitrogen and oxygen atoms in total. The topological polar surface area (TPSA) is 123 Å². The van der Waals surface area contributed by atoms with Gasteiger partial charge in [0.1, 0.15) is 22.7 Å². The lowest BCUT2D eigenvalue weighted by Gasteiger charge is -2.21. The maximum atomic E-state index is 13.3. The smallest absolute Gasteiger partial charge is 0.274 e. The van der Waals surface area contributed by atoms with Gasteiger partial charge in [0.2, 0.25) is 0 Å². The number of carbonyl (C=O) groups excluding carboxylic acids is 1. The van der Waals surface area contributed by atoms with Crippen molar-refractivity contribution in [2.24, 2.45) is 7.05 Å². The molecule has 2 aromatic carbocycles. The van der Waals surface area contributed by atoms with E-state index in [1.165, 1.54) is 4.57 Å². The number of aromatic nitrogens is 4. The van der Waals surface area contributed by atoms with Crippen molar-refractivity contribution in [3.63, 3.8) is 0 Å². The first-order chi connectivity index (χ1) is 21.4. The van der Waals surface area contributed by atoms with Crippen LogP contribution in [0.15, 0.2) is 47.4 Å². The molecular weight excluding hydrogens is 570 g/mol. The van der Waals surface area contributed by atoms with Gasteiger partial charge in [-0.15, -0.1) is 0 Å². The Bertz CT molecular complexity index is 1950. The van der Waals surface area contributed by atoms with Crippen LogP contribution in [-0.4, -0.2) is 55.7 Å². The summed E-state index contributed by atoms with van der Waals surface area (Å²) in [6.45, 7) is 11.5. The van der Waals surface area contributed by atoms with Gasteiger partial charge in [0, 0.05) is 60.8 Å². The molecule has 3 aromatic heterocycles. The van der Waals surface area contributed by atoms with Crippen LogP contribution in [0.25, 0.3) is 32.9 Å². The molecule has 4 heterocycles. The molecule has 45 heavy (non-hydrogen) atoms. The molecule has 0 atom stereocenters. The number of fused-ring (bicyclic) bond motifs is 2. The summed E-state index contributed by atoms with van der Waals surface area (Å²) in [6, 6.07) is 11.9. The molecule has 6 rings (SSSR count). The molecule has 0 aliphatic carbocycles. The molecule has 236 valence electrons. The van der Waals surface area contributed by atoms with E-state index in [0.717, 1.165) is 57.4 Å². The number of amides is 1. The van der Waals surface area contributed by atoms with Crippen molar-refractivity contribution < 1.29 is 19.4 Å². The molecule has 1 aliphatic rings. The fraction of sp³-hybridized carbons (Fsp3) is 0.400. The van der Waals surface area contributed by atoms with Gasteiger partial charge in [-0.25, -0.2) is 0 Å². The highest BCUT2D eigenvalue weighted by Crippen LogP contribution is 2.43. The summed E-state index contributed by atoms with van der Waals surface area (Å²) in [5, 5.41) is 20.3. The Morgan fingerprint density at radius 3 is 2.51 bits per heavy atom. The Labute approximate surface area is 262 Å². The van der Waals surface area contributed by atoms with Crippen molar-refractivity contribution in [1.29, 1.82) is 0 Å². The fourth-order valence-corrected chi connectivity index (χ4v) is 6.28. The van der Waals surface area contributed by atoms with E-state index in [2.05, 4.69) is 10.3 Å². The molecule has 0 radical (unpaired) electrons. The molecule has 1 amide bonds. The maximum absolute atomic E-state index is 13.3. The number of nitrogens with one attached hydrogen (secondary N) is 2. The molecule has 1 aliphatic heterocycles. The molecule has 0 saturated carbocycles. The minimum absolute atomic E-state index is 0.205. The van der Waals surface area contributed by atoms with Crippen LogP contribution in [0.4, 0.5) is 0 Å². The Balaban J connectivity index is 1.66. The Hall–Kier alpha value is -4.41. The summed E-state index contributed by atoms with van der Waals surface area (Å²) >= 11 is 0. The largest absolute Gasteiger partial charge is 0.456 e. The van der Waals surface area contributed by atoms with Crippen molar-refractivity contribution >= 4 is 27.7 Å². The first kappa shape index (κ1) is 30.6. The number of para-hydroxylation sites is 1. The van der Waals surface area contributed by atoms with Crippen LogP contribution in [0.1, 0.15) is 66.8 Å². The van der Waals surface area contributed by atoms with Crippen LogP contribution in [0.3, 0.4) is 0 Å². The second-order valence-corrected chi connectivity index (χ2v) is 12.7. The van der Waals surface area contributed by atoms with Crippen molar-refractivity contribution in [1.82, 2.24) is 24.6 Å². The first-order valence-electron chi connectivity index (χ1n) is 15.5. The van der Waals surface area contributed by atoms with Gasteiger partial charge in [0.15, 0.2) is 0 Å².